The molecule has 202 valence electrons. The maximum Gasteiger partial charge on any atom is 0.251 e. The second-order valence-corrected chi connectivity index (χ2v) is 10.0. The topological polar surface area (TPSA) is 117 Å². The van der Waals surface area contributed by atoms with Crippen LogP contribution in [0.3, 0.4) is 0 Å². The average Bonchev–Trinajstić information content (AvgIpc) is 3.51. The number of nitrogens with zero attached hydrogens (tertiary/aromatic N) is 2. The van der Waals surface area contributed by atoms with E-state index in [1.165, 1.54) is 0 Å². The molecular weight excluding hydrogens is 496 g/mol. The fraction of sp³-hybridized carbons (Fsp3) is 0.300. The van der Waals surface area contributed by atoms with Crippen LogP contribution in [0, 0.1) is 19.8 Å². The van der Waals surface area contributed by atoms with Gasteiger partial charge in [-0.3, -0.25) is 24.7 Å². The van der Waals surface area contributed by atoms with Crippen molar-refractivity contribution in [3.63, 3.8) is 0 Å². The van der Waals surface area contributed by atoms with Crippen LogP contribution >= 0.6 is 0 Å². The first-order chi connectivity index (χ1) is 18.9. The molecule has 0 unspecified atom stereocenters. The maximum absolute atomic E-state index is 13.1. The third-order valence-corrected chi connectivity index (χ3v) is 7.02. The van der Waals surface area contributed by atoms with E-state index in [0.29, 0.717) is 37.6 Å². The number of furan rings is 1. The van der Waals surface area contributed by atoms with Crippen LogP contribution in [0.25, 0.3) is 10.9 Å². The van der Waals surface area contributed by atoms with Crippen molar-refractivity contribution in [2.24, 2.45) is 5.92 Å². The number of hydroxylamine groups is 1. The largest absolute Gasteiger partial charge is 0.489 e. The first-order valence-corrected chi connectivity index (χ1v) is 13.0. The molecule has 0 aliphatic carbocycles. The highest BCUT2D eigenvalue weighted by molar-refractivity contribution is 5.94. The minimum atomic E-state index is -0.478. The van der Waals surface area contributed by atoms with Crippen LogP contribution in [-0.2, 0) is 17.9 Å². The lowest BCUT2D eigenvalue weighted by molar-refractivity contribution is -0.130. The van der Waals surface area contributed by atoms with Crippen molar-refractivity contribution in [2.45, 2.75) is 39.5 Å². The average molecular weight is 529 g/mol. The number of aromatic nitrogens is 1. The van der Waals surface area contributed by atoms with E-state index in [9.17, 15) is 9.59 Å². The van der Waals surface area contributed by atoms with Gasteiger partial charge in [0.2, 0.25) is 5.91 Å². The molecule has 5 rings (SSSR count). The molecule has 3 N–H and O–H groups in total. The van der Waals surface area contributed by atoms with Gasteiger partial charge in [0.25, 0.3) is 5.91 Å². The van der Waals surface area contributed by atoms with Gasteiger partial charge in [0.05, 0.1) is 12.1 Å². The molecule has 9 heteroatoms. The summed E-state index contributed by atoms with van der Waals surface area (Å²) in [5.41, 5.74) is 5.11. The van der Waals surface area contributed by atoms with E-state index in [0.717, 1.165) is 33.7 Å². The zero-order chi connectivity index (χ0) is 27.4. The van der Waals surface area contributed by atoms with Gasteiger partial charge < -0.3 is 14.5 Å². The number of pyridine rings is 1. The molecule has 0 saturated carbocycles. The molecule has 9 nitrogen and oxygen atoms in total. The van der Waals surface area contributed by atoms with Crippen molar-refractivity contribution < 1.29 is 24.0 Å². The van der Waals surface area contributed by atoms with E-state index >= 15 is 0 Å². The fourth-order valence-electron chi connectivity index (χ4n) is 5.16. The highest BCUT2D eigenvalue weighted by Gasteiger charge is 2.35. The SMILES string of the molecule is Cc1cc(COc2ccc(C(=O)N[C@@H]3CN(Cc4ccc(C)o4)C[C@@H]3CC(=O)NO)cc2)c2ccccc2n1. The summed E-state index contributed by atoms with van der Waals surface area (Å²) >= 11 is 0. The minimum Gasteiger partial charge on any atom is -0.489 e. The van der Waals surface area contributed by atoms with Gasteiger partial charge in [-0.1, -0.05) is 18.2 Å². The molecule has 2 aromatic heterocycles. The summed E-state index contributed by atoms with van der Waals surface area (Å²) in [4.78, 5) is 31.7. The van der Waals surface area contributed by atoms with E-state index in [1.54, 1.807) is 29.7 Å². The van der Waals surface area contributed by atoms with E-state index in [4.69, 9.17) is 14.4 Å². The van der Waals surface area contributed by atoms with Crippen molar-refractivity contribution in [2.75, 3.05) is 13.1 Å². The Morgan fingerprint density at radius 1 is 1.08 bits per heavy atom. The molecule has 1 fully saturated rings. The Kier molecular flexibility index (Phi) is 7.90. The Labute approximate surface area is 226 Å². The van der Waals surface area contributed by atoms with E-state index in [1.807, 2.05) is 56.3 Å². The normalized spacial score (nSPS) is 17.3. The van der Waals surface area contributed by atoms with Gasteiger partial charge in [-0.05, 0) is 62.4 Å². The van der Waals surface area contributed by atoms with Crippen molar-refractivity contribution in [3.8, 4) is 5.75 Å². The molecule has 1 aliphatic heterocycles. The summed E-state index contributed by atoms with van der Waals surface area (Å²) in [6.07, 6.45) is 0.102. The zero-order valence-electron chi connectivity index (χ0n) is 22.0. The number of benzene rings is 2. The Morgan fingerprint density at radius 2 is 1.87 bits per heavy atom. The molecule has 1 aliphatic rings. The summed E-state index contributed by atoms with van der Waals surface area (Å²) < 4.78 is 11.7. The van der Waals surface area contributed by atoms with Crippen LogP contribution in [-0.4, -0.2) is 46.0 Å². The predicted molar refractivity (Wildman–Crippen MR) is 145 cm³/mol. The fourth-order valence-corrected chi connectivity index (χ4v) is 5.16. The number of hydrogen-bond acceptors (Lipinski definition) is 7. The number of carbonyl (C=O) groups excluding carboxylic acids is 2. The number of aryl methyl sites for hydroxylation is 2. The molecule has 0 spiro atoms. The molecule has 4 aromatic rings. The highest BCUT2D eigenvalue weighted by Crippen LogP contribution is 2.24. The molecule has 2 aromatic carbocycles. The van der Waals surface area contributed by atoms with Crippen molar-refractivity contribution in [1.29, 1.82) is 0 Å². The standard InChI is InChI=1S/C30H32N4O5/c1-19-13-23(26-5-3-4-6-27(26)31-19)18-38-24-11-8-21(9-12-24)30(36)32-28-17-34(15-22(28)14-29(35)33-37)16-25-10-7-20(2)39-25/h3-13,22,28,37H,14-18H2,1-2H3,(H,32,36)(H,33,35)/t22-,28+/m0/s1. The second-order valence-electron chi connectivity index (χ2n) is 10.0. The van der Waals surface area contributed by atoms with Gasteiger partial charge in [0, 0.05) is 53.7 Å². The molecule has 3 heterocycles. The van der Waals surface area contributed by atoms with Gasteiger partial charge >= 0.3 is 0 Å². The van der Waals surface area contributed by atoms with Crippen molar-refractivity contribution in [1.82, 2.24) is 20.7 Å². The number of fused-ring (bicyclic) bond motifs is 1. The molecule has 39 heavy (non-hydrogen) atoms. The Balaban J connectivity index is 1.22. The van der Waals surface area contributed by atoms with Crippen LogP contribution in [0.2, 0.25) is 0 Å². The number of carbonyl (C=O) groups is 2. The predicted octanol–water partition coefficient (Wildman–Crippen LogP) is 4.15. The lowest BCUT2D eigenvalue weighted by atomic mass is 9.99. The van der Waals surface area contributed by atoms with Gasteiger partial charge in [-0.15, -0.1) is 0 Å². The number of rotatable bonds is 9. The summed E-state index contributed by atoms with van der Waals surface area (Å²) in [7, 11) is 0. The van der Waals surface area contributed by atoms with Gasteiger partial charge in [0.1, 0.15) is 23.9 Å². The van der Waals surface area contributed by atoms with Gasteiger partial charge in [-0.25, -0.2) is 5.48 Å². The number of para-hydroxylation sites is 1. The zero-order valence-corrected chi connectivity index (χ0v) is 22.0. The lowest BCUT2D eigenvalue weighted by Crippen LogP contribution is -2.41. The van der Waals surface area contributed by atoms with Crippen LogP contribution in [0.4, 0.5) is 0 Å². The summed E-state index contributed by atoms with van der Waals surface area (Å²) in [6, 6.07) is 20.6. The van der Waals surface area contributed by atoms with E-state index < -0.39 is 5.91 Å². The Hall–Kier alpha value is -4.21. The van der Waals surface area contributed by atoms with Crippen LogP contribution in [0.1, 0.15) is 39.6 Å². The first kappa shape index (κ1) is 26.4. The number of hydrogen-bond donors (Lipinski definition) is 3. The molecule has 2 amide bonds. The number of likely N-dealkylation sites (tertiary alicyclic amines) is 1. The molecule has 1 saturated heterocycles. The molecule has 2 atom stereocenters. The monoisotopic (exact) mass is 528 g/mol. The summed E-state index contributed by atoms with van der Waals surface area (Å²) in [5, 5.41) is 13.2. The number of ether oxygens (including phenoxy) is 1. The molecule has 0 bridgehead atoms. The van der Waals surface area contributed by atoms with Crippen molar-refractivity contribution >= 4 is 22.7 Å². The lowest BCUT2D eigenvalue weighted by Gasteiger charge is -2.19. The van der Waals surface area contributed by atoms with Gasteiger partial charge in [0.15, 0.2) is 0 Å². The maximum atomic E-state index is 13.1. The summed E-state index contributed by atoms with van der Waals surface area (Å²) in [6.45, 7) is 5.98. The number of amides is 2. The summed E-state index contributed by atoms with van der Waals surface area (Å²) in [5.74, 6) is 1.46. The quantitative estimate of drug-likeness (QED) is 0.221. The Morgan fingerprint density at radius 3 is 2.62 bits per heavy atom. The van der Waals surface area contributed by atoms with Crippen molar-refractivity contribution in [3.05, 3.63) is 95.1 Å². The smallest absolute Gasteiger partial charge is 0.251 e. The molecule has 0 radical (unpaired) electrons. The Bertz CT molecular complexity index is 1470. The van der Waals surface area contributed by atoms with E-state index in [-0.39, 0.29) is 24.3 Å². The number of nitrogens with one attached hydrogen (secondary N) is 2. The first-order valence-electron chi connectivity index (χ1n) is 13.0. The van der Waals surface area contributed by atoms with Gasteiger partial charge in [-0.2, -0.15) is 0 Å². The highest BCUT2D eigenvalue weighted by atomic mass is 16.5. The van der Waals surface area contributed by atoms with E-state index in [2.05, 4.69) is 15.2 Å². The molecular formula is C30H32N4O5. The van der Waals surface area contributed by atoms with Crippen LogP contribution in [0.5, 0.6) is 5.75 Å². The van der Waals surface area contributed by atoms with Crippen LogP contribution < -0.4 is 15.5 Å². The second kappa shape index (κ2) is 11.7. The third-order valence-electron chi connectivity index (χ3n) is 7.02. The third kappa shape index (κ3) is 6.45. The van der Waals surface area contributed by atoms with Crippen LogP contribution in [0.15, 0.2) is 71.1 Å². The minimum absolute atomic E-state index is 0.102.